The molecule has 142 valence electrons. The summed E-state index contributed by atoms with van der Waals surface area (Å²) in [5, 5.41) is 2.57. The summed E-state index contributed by atoms with van der Waals surface area (Å²) in [5.74, 6) is -0.604. The van der Waals surface area contributed by atoms with Gasteiger partial charge in [-0.25, -0.2) is 9.59 Å². The van der Waals surface area contributed by atoms with Gasteiger partial charge in [-0.1, -0.05) is 48.5 Å². The number of ether oxygens (including phenoxy) is 2. The van der Waals surface area contributed by atoms with E-state index in [1.165, 1.54) is 7.11 Å². The van der Waals surface area contributed by atoms with Crippen LogP contribution in [-0.4, -0.2) is 36.6 Å². The van der Waals surface area contributed by atoms with Crippen LogP contribution >= 0.6 is 12.6 Å². The van der Waals surface area contributed by atoms with Gasteiger partial charge in [-0.05, 0) is 36.1 Å². The molecule has 1 aliphatic carbocycles. The summed E-state index contributed by atoms with van der Waals surface area (Å²) in [7, 11) is 1.27. The molecule has 0 bridgehead atoms. The second-order valence-corrected chi connectivity index (χ2v) is 8.23. The molecule has 1 unspecified atom stereocenters. The number of fused-ring (bicyclic) bond motifs is 3. The lowest BCUT2D eigenvalue weighted by Crippen LogP contribution is -2.52. The van der Waals surface area contributed by atoms with E-state index in [9.17, 15) is 9.59 Å². The first kappa shape index (κ1) is 19.3. The van der Waals surface area contributed by atoms with Crippen molar-refractivity contribution in [2.45, 2.75) is 30.6 Å². The van der Waals surface area contributed by atoms with Crippen LogP contribution in [0.2, 0.25) is 0 Å². The Morgan fingerprint density at radius 2 is 1.59 bits per heavy atom. The van der Waals surface area contributed by atoms with Crippen LogP contribution in [0.5, 0.6) is 0 Å². The average Bonchev–Trinajstić information content (AvgIpc) is 2.97. The van der Waals surface area contributed by atoms with Crippen molar-refractivity contribution in [1.82, 2.24) is 5.32 Å². The highest BCUT2D eigenvalue weighted by Crippen LogP contribution is 2.44. The van der Waals surface area contributed by atoms with E-state index >= 15 is 0 Å². The van der Waals surface area contributed by atoms with Gasteiger partial charge in [0.2, 0.25) is 0 Å². The molecule has 1 amide bonds. The summed E-state index contributed by atoms with van der Waals surface area (Å²) in [6.45, 7) is 3.63. The molecule has 0 heterocycles. The van der Waals surface area contributed by atoms with Crippen molar-refractivity contribution in [3.05, 3.63) is 59.7 Å². The molecule has 5 nitrogen and oxygen atoms in total. The van der Waals surface area contributed by atoms with Crippen molar-refractivity contribution >= 4 is 24.7 Å². The predicted octanol–water partition coefficient (Wildman–Crippen LogP) is 3.78. The summed E-state index contributed by atoms with van der Waals surface area (Å²) in [6.07, 6.45) is -0.672. The molecular formula is C21H23NO4S. The van der Waals surface area contributed by atoms with Crippen LogP contribution in [0.1, 0.15) is 30.9 Å². The third-order valence-corrected chi connectivity index (χ3v) is 5.01. The third kappa shape index (κ3) is 3.95. The van der Waals surface area contributed by atoms with E-state index in [0.717, 1.165) is 22.3 Å². The van der Waals surface area contributed by atoms with Crippen LogP contribution in [0.25, 0.3) is 11.1 Å². The third-order valence-electron chi connectivity index (χ3n) is 4.75. The van der Waals surface area contributed by atoms with E-state index in [1.807, 2.05) is 24.3 Å². The molecule has 0 radical (unpaired) electrons. The molecule has 0 saturated carbocycles. The zero-order valence-electron chi connectivity index (χ0n) is 15.6. The lowest BCUT2D eigenvalue weighted by atomic mass is 9.98. The molecule has 0 saturated heterocycles. The highest BCUT2D eigenvalue weighted by Gasteiger charge is 2.36. The van der Waals surface area contributed by atoms with E-state index in [-0.39, 0.29) is 12.5 Å². The average molecular weight is 385 g/mol. The van der Waals surface area contributed by atoms with Crippen molar-refractivity contribution in [3.8, 4) is 11.1 Å². The predicted molar refractivity (Wildman–Crippen MR) is 107 cm³/mol. The van der Waals surface area contributed by atoms with Gasteiger partial charge in [0.25, 0.3) is 0 Å². The summed E-state index contributed by atoms with van der Waals surface area (Å²) in [6, 6.07) is 15.3. The molecule has 3 rings (SSSR count). The second kappa shape index (κ2) is 7.64. The van der Waals surface area contributed by atoms with Gasteiger partial charge in [-0.3, -0.25) is 0 Å². The number of alkyl carbamates (subject to hydrolysis) is 1. The summed E-state index contributed by atoms with van der Waals surface area (Å²) in [4.78, 5) is 24.3. The number of rotatable bonds is 5. The fourth-order valence-electron chi connectivity index (χ4n) is 3.40. The number of nitrogens with one attached hydrogen (secondary N) is 1. The van der Waals surface area contributed by atoms with Crippen LogP contribution in [0.15, 0.2) is 48.5 Å². The van der Waals surface area contributed by atoms with E-state index in [0.29, 0.717) is 0 Å². The highest BCUT2D eigenvalue weighted by molar-refractivity contribution is 7.81. The van der Waals surface area contributed by atoms with Crippen LogP contribution in [0.4, 0.5) is 4.79 Å². The van der Waals surface area contributed by atoms with Crippen molar-refractivity contribution in [1.29, 1.82) is 0 Å². The van der Waals surface area contributed by atoms with E-state index in [1.54, 1.807) is 13.8 Å². The van der Waals surface area contributed by atoms with Crippen molar-refractivity contribution < 1.29 is 19.1 Å². The maximum atomic E-state index is 12.3. The molecule has 1 N–H and O–H groups in total. The minimum absolute atomic E-state index is 0.0382. The van der Waals surface area contributed by atoms with E-state index in [2.05, 4.69) is 42.2 Å². The van der Waals surface area contributed by atoms with E-state index in [4.69, 9.17) is 9.47 Å². The molecule has 1 aliphatic rings. The summed E-state index contributed by atoms with van der Waals surface area (Å²) in [5.41, 5.74) is 4.58. The fraction of sp³-hybridized carbons (Fsp3) is 0.333. The lowest BCUT2D eigenvalue weighted by molar-refractivity contribution is -0.143. The SMILES string of the molecule is COC(=O)C(NC(=O)OCC1c2ccccc2-c2ccccc21)C(C)(C)S. The molecule has 1 atom stereocenters. The number of hydrogen-bond acceptors (Lipinski definition) is 5. The largest absolute Gasteiger partial charge is 0.467 e. The van der Waals surface area contributed by atoms with Gasteiger partial charge in [0.1, 0.15) is 12.6 Å². The van der Waals surface area contributed by atoms with Crippen LogP contribution in [0, 0.1) is 0 Å². The minimum Gasteiger partial charge on any atom is -0.467 e. The summed E-state index contributed by atoms with van der Waals surface area (Å²) < 4.78 is 9.43. The normalized spacial score (nSPS) is 14.1. The smallest absolute Gasteiger partial charge is 0.407 e. The number of thiol groups is 1. The number of carbonyl (C=O) groups excluding carboxylic acids is 2. The van der Waals surface area contributed by atoms with Crippen molar-refractivity contribution in [2.75, 3.05) is 13.7 Å². The number of amides is 1. The monoisotopic (exact) mass is 385 g/mol. The zero-order valence-corrected chi connectivity index (χ0v) is 16.5. The minimum atomic E-state index is -0.915. The molecule has 2 aromatic carbocycles. The topological polar surface area (TPSA) is 64.6 Å². The van der Waals surface area contributed by atoms with Crippen LogP contribution in [0.3, 0.4) is 0 Å². The lowest BCUT2D eigenvalue weighted by Gasteiger charge is -2.28. The Morgan fingerprint density at radius 3 is 2.07 bits per heavy atom. The van der Waals surface area contributed by atoms with Crippen LogP contribution in [-0.2, 0) is 14.3 Å². The number of esters is 1. The van der Waals surface area contributed by atoms with Gasteiger partial charge in [0, 0.05) is 10.7 Å². The number of hydrogen-bond donors (Lipinski definition) is 2. The Kier molecular flexibility index (Phi) is 5.46. The molecule has 6 heteroatoms. The second-order valence-electron chi connectivity index (χ2n) is 7.08. The Hall–Kier alpha value is -2.47. The first-order valence-electron chi connectivity index (χ1n) is 8.74. The molecule has 2 aromatic rings. The first-order chi connectivity index (χ1) is 12.8. The number of benzene rings is 2. The van der Waals surface area contributed by atoms with Gasteiger partial charge >= 0.3 is 12.1 Å². The summed E-state index contributed by atoms with van der Waals surface area (Å²) >= 11 is 4.38. The van der Waals surface area contributed by atoms with Gasteiger partial charge in [-0.15, -0.1) is 0 Å². The Bertz CT molecular complexity index is 814. The first-order valence-corrected chi connectivity index (χ1v) is 9.19. The van der Waals surface area contributed by atoms with Gasteiger partial charge in [-0.2, -0.15) is 12.6 Å². The Balaban J connectivity index is 1.73. The molecule has 0 aliphatic heterocycles. The number of methoxy groups -OCH3 is 1. The Morgan fingerprint density at radius 1 is 1.07 bits per heavy atom. The maximum Gasteiger partial charge on any atom is 0.407 e. The van der Waals surface area contributed by atoms with Crippen molar-refractivity contribution in [3.63, 3.8) is 0 Å². The molecule has 0 fully saturated rings. The van der Waals surface area contributed by atoms with Crippen LogP contribution < -0.4 is 5.32 Å². The van der Waals surface area contributed by atoms with E-state index < -0.39 is 22.9 Å². The standard InChI is InChI=1S/C21H23NO4S/c1-21(2,27)18(19(23)25-3)22-20(24)26-12-17-15-10-6-4-8-13(15)14-9-5-7-11-16(14)17/h4-11,17-18,27H,12H2,1-3H3,(H,22,24). The fourth-order valence-corrected chi connectivity index (χ4v) is 3.57. The highest BCUT2D eigenvalue weighted by atomic mass is 32.1. The quantitative estimate of drug-likeness (QED) is 0.607. The zero-order chi connectivity index (χ0) is 19.6. The maximum absolute atomic E-state index is 12.3. The van der Waals surface area contributed by atoms with Crippen molar-refractivity contribution in [2.24, 2.45) is 0 Å². The molecule has 0 spiro atoms. The molecule has 27 heavy (non-hydrogen) atoms. The van der Waals surface area contributed by atoms with Gasteiger partial charge in [0.05, 0.1) is 7.11 Å². The molecular weight excluding hydrogens is 362 g/mol. The Labute approximate surface area is 164 Å². The van der Waals surface area contributed by atoms with Gasteiger partial charge < -0.3 is 14.8 Å². The number of carbonyl (C=O) groups is 2. The molecule has 0 aromatic heterocycles. The van der Waals surface area contributed by atoms with Gasteiger partial charge in [0.15, 0.2) is 0 Å².